The number of nitrogens with one attached hydrogen (secondary N) is 1. The first-order valence-electron chi connectivity index (χ1n) is 11.6. The summed E-state index contributed by atoms with van der Waals surface area (Å²) in [6.45, 7) is 7.76. The minimum atomic E-state index is -0.348. The van der Waals surface area contributed by atoms with Gasteiger partial charge in [0.25, 0.3) is 0 Å². The number of benzene rings is 2. The maximum atomic E-state index is 12.9. The molecule has 2 bridgehead atoms. The Morgan fingerprint density at radius 2 is 2.00 bits per heavy atom. The zero-order valence-corrected chi connectivity index (χ0v) is 20.2. The lowest BCUT2D eigenvalue weighted by Gasteiger charge is -2.44. The zero-order valence-electron chi connectivity index (χ0n) is 19.4. The van der Waals surface area contributed by atoms with Crippen molar-refractivity contribution in [3.8, 4) is 22.6 Å². The zero-order chi connectivity index (χ0) is 23.2. The van der Waals surface area contributed by atoms with Gasteiger partial charge in [-0.3, -0.25) is 4.90 Å². The summed E-state index contributed by atoms with van der Waals surface area (Å²) >= 11 is 6.55. The van der Waals surface area contributed by atoms with Crippen LogP contribution < -0.4 is 14.8 Å². The molecule has 1 amide bonds. The Labute approximate surface area is 200 Å². The van der Waals surface area contributed by atoms with Crippen molar-refractivity contribution >= 4 is 17.7 Å². The Kier molecular flexibility index (Phi) is 5.91. The van der Waals surface area contributed by atoms with Gasteiger partial charge in [0.05, 0.1) is 24.8 Å². The van der Waals surface area contributed by atoms with Crippen LogP contribution in [0.25, 0.3) is 11.1 Å². The van der Waals surface area contributed by atoms with E-state index in [2.05, 4.69) is 24.1 Å². The number of halogens is 1. The SMILES string of the molecule is COc1cccc(-c2ccc3c(c2)OCC(C)(C)C3NC(=O)O[C@H]2CN3CCC2CC3)c1Cl. The summed E-state index contributed by atoms with van der Waals surface area (Å²) in [7, 11) is 1.61. The van der Waals surface area contributed by atoms with E-state index in [1.54, 1.807) is 7.11 Å². The summed E-state index contributed by atoms with van der Waals surface area (Å²) < 4.78 is 17.4. The molecule has 3 saturated heterocycles. The van der Waals surface area contributed by atoms with Gasteiger partial charge in [-0.1, -0.05) is 49.7 Å². The van der Waals surface area contributed by atoms with Crippen LogP contribution >= 0.6 is 11.6 Å². The Bertz CT molecular complexity index is 1050. The van der Waals surface area contributed by atoms with E-state index >= 15 is 0 Å². The van der Waals surface area contributed by atoms with Crippen molar-refractivity contribution in [1.82, 2.24) is 10.2 Å². The molecule has 0 aliphatic carbocycles. The second kappa shape index (κ2) is 8.73. The standard InChI is InChI=1S/C26H31ClN2O4/c1-26(2)15-32-21-13-17(18-5-4-6-20(31-3)23(18)27)7-8-19(21)24(26)28-25(30)33-22-14-29-11-9-16(22)10-12-29/h4-8,13,16,22,24H,9-12,14-15H2,1-3H3,(H,28,30)/t22-,24?/m0/s1. The van der Waals surface area contributed by atoms with Crippen molar-refractivity contribution in [2.24, 2.45) is 11.3 Å². The molecule has 176 valence electrons. The normalized spacial score (nSPS) is 27.3. The van der Waals surface area contributed by atoms with E-state index in [0.29, 0.717) is 23.3 Å². The highest BCUT2D eigenvalue weighted by atomic mass is 35.5. The van der Waals surface area contributed by atoms with Crippen LogP contribution in [0.15, 0.2) is 36.4 Å². The molecule has 2 atom stereocenters. The number of alkyl carbamates (subject to hydrolysis) is 1. The molecule has 3 fully saturated rings. The predicted octanol–water partition coefficient (Wildman–Crippen LogP) is 5.30. The molecule has 0 aromatic heterocycles. The molecule has 6 rings (SSSR count). The Morgan fingerprint density at radius 3 is 2.70 bits per heavy atom. The van der Waals surface area contributed by atoms with E-state index < -0.39 is 0 Å². The summed E-state index contributed by atoms with van der Waals surface area (Å²) in [4.78, 5) is 15.3. The van der Waals surface area contributed by atoms with Crippen molar-refractivity contribution in [1.29, 1.82) is 0 Å². The number of carbonyl (C=O) groups is 1. The molecule has 0 radical (unpaired) electrons. The quantitative estimate of drug-likeness (QED) is 0.657. The predicted molar refractivity (Wildman–Crippen MR) is 128 cm³/mol. The number of hydrogen-bond acceptors (Lipinski definition) is 5. The van der Waals surface area contributed by atoms with Crippen molar-refractivity contribution in [2.75, 3.05) is 33.4 Å². The molecule has 4 heterocycles. The second-order valence-corrected chi connectivity index (χ2v) is 10.4. The number of carbonyl (C=O) groups excluding carboxylic acids is 1. The Balaban J connectivity index is 1.37. The molecule has 0 spiro atoms. The van der Waals surface area contributed by atoms with Gasteiger partial charge in [-0.05, 0) is 49.5 Å². The minimum Gasteiger partial charge on any atom is -0.495 e. The van der Waals surface area contributed by atoms with Gasteiger partial charge in [0, 0.05) is 23.1 Å². The summed E-state index contributed by atoms with van der Waals surface area (Å²) in [5, 5.41) is 3.72. The van der Waals surface area contributed by atoms with Gasteiger partial charge in [0.2, 0.25) is 0 Å². The molecule has 33 heavy (non-hydrogen) atoms. The average molecular weight is 471 g/mol. The summed E-state index contributed by atoms with van der Waals surface area (Å²) in [5.74, 6) is 1.86. The van der Waals surface area contributed by atoms with Crippen LogP contribution in [0.3, 0.4) is 0 Å². The number of methoxy groups -OCH3 is 1. The molecular formula is C26H31ClN2O4. The van der Waals surface area contributed by atoms with Gasteiger partial charge < -0.3 is 19.5 Å². The second-order valence-electron chi connectivity index (χ2n) is 10.0. The van der Waals surface area contributed by atoms with E-state index in [9.17, 15) is 4.79 Å². The lowest BCUT2D eigenvalue weighted by Crippen LogP contribution is -2.53. The average Bonchev–Trinajstić information content (AvgIpc) is 2.82. The molecule has 2 aromatic carbocycles. The summed E-state index contributed by atoms with van der Waals surface area (Å²) in [5.41, 5.74) is 2.47. The molecule has 2 aromatic rings. The van der Waals surface area contributed by atoms with E-state index in [-0.39, 0.29) is 23.7 Å². The first-order valence-corrected chi connectivity index (χ1v) is 12.0. The molecule has 7 heteroatoms. The van der Waals surface area contributed by atoms with Crippen LogP contribution in [0, 0.1) is 11.3 Å². The minimum absolute atomic E-state index is 0.0208. The maximum Gasteiger partial charge on any atom is 0.407 e. The van der Waals surface area contributed by atoms with Crippen LogP contribution in [0.2, 0.25) is 5.02 Å². The number of nitrogens with zero attached hydrogens (tertiary/aromatic N) is 1. The Morgan fingerprint density at radius 1 is 1.21 bits per heavy atom. The topological polar surface area (TPSA) is 60.0 Å². The van der Waals surface area contributed by atoms with Gasteiger partial charge in [-0.25, -0.2) is 4.79 Å². The van der Waals surface area contributed by atoms with Gasteiger partial charge >= 0.3 is 6.09 Å². The number of fused-ring (bicyclic) bond motifs is 4. The van der Waals surface area contributed by atoms with Crippen molar-refractivity contribution in [3.63, 3.8) is 0 Å². The molecule has 4 aliphatic rings. The largest absolute Gasteiger partial charge is 0.495 e. The van der Waals surface area contributed by atoms with Crippen molar-refractivity contribution in [3.05, 3.63) is 47.0 Å². The molecule has 1 N–H and O–H groups in total. The van der Waals surface area contributed by atoms with E-state index in [1.165, 1.54) is 0 Å². The number of hydrogen-bond donors (Lipinski definition) is 1. The fourth-order valence-electron chi connectivity index (χ4n) is 5.33. The van der Waals surface area contributed by atoms with Crippen LogP contribution in [0.4, 0.5) is 4.79 Å². The highest BCUT2D eigenvalue weighted by molar-refractivity contribution is 6.34. The van der Waals surface area contributed by atoms with Crippen LogP contribution in [-0.2, 0) is 4.74 Å². The van der Waals surface area contributed by atoms with Gasteiger partial charge in [0.1, 0.15) is 17.6 Å². The third-order valence-electron chi connectivity index (χ3n) is 7.32. The molecule has 1 unspecified atom stereocenters. The van der Waals surface area contributed by atoms with Crippen LogP contribution in [0.1, 0.15) is 38.3 Å². The fourth-order valence-corrected chi connectivity index (χ4v) is 5.64. The highest BCUT2D eigenvalue weighted by Crippen LogP contribution is 2.45. The number of rotatable bonds is 4. The Hall–Kier alpha value is -2.44. The molecular weight excluding hydrogens is 440 g/mol. The van der Waals surface area contributed by atoms with Gasteiger partial charge in [-0.2, -0.15) is 0 Å². The molecule has 6 nitrogen and oxygen atoms in total. The first kappa shape index (κ1) is 22.4. The number of ether oxygens (including phenoxy) is 3. The van der Waals surface area contributed by atoms with Crippen LogP contribution in [0.5, 0.6) is 11.5 Å². The van der Waals surface area contributed by atoms with Crippen molar-refractivity contribution in [2.45, 2.75) is 38.8 Å². The fraction of sp³-hybridized carbons (Fsp3) is 0.500. The molecule has 4 aliphatic heterocycles. The maximum absolute atomic E-state index is 12.9. The van der Waals surface area contributed by atoms with E-state index in [4.69, 9.17) is 25.8 Å². The van der Waals surface area contributed by atoms with Gasteiger partial charge in [0.15, 0.2) is 0 Å². The highest BCUT2D eigenvalue weighted by Gasteiger charge is 2.41. The van der Waals surface area contributed by atoms with Gasteiger partial charge in [-0.15, -0.1) is 0 Å². The first-order chi connectivity index (χ1) is 15.9. The van der Waals surface area contributed by atoms with Crippen LogP contribution in [-0.4, -0.2) is 50.4 Å². The third kappa shape index (κ3) is 4.26. The smallest absolute Gasteiger partial charge is 0.407 e. The summed E-state index contributed by atoms with van der Waals surface area (Å²) in [6, 6.07) is 11.5. The summed E-state index contributed by atoms with van der Waals surface area (Å²) in [6.07, 6.45) is 1.85. The number of piperidine rings is 3. The lowest BCUT2D eigenvalue weighted by molar-refractivity contribution is -0.0361. The third-order valence-corrected chi connectivity index (χ3v) is 7.71. The molecule has 0 saturated carbocycles. The van der Waals surface area contributed by atoms with E-state index in [0.717, 1.165) is 54.9 Å². The lowest BCUT2D eigenvalue weighted by atomic mass is 9.78. The van der Waals surface area contributed by atoms with Crippen molar-refractivity contribution < 1.29 is 19.0 Å². The number of amides is 1. The van der Waals surface area contributed by atoms with E-state index in [1.807, 2.05) is 36.4 Å². The monoisotopic (exact) mass is 470 g/mol.